The molecule has 1 atom stereocenters. The topological polar surface area (TPSA) is 117 Å². The molecule has 0 saturated carbocycles. The van der Waals surface area contributed by atoms with E-state index in [0.29, 0.717) is 24.1 Å². The summed E-state index contributed by atoms with van der Waals surface area (Å²) in [5.74, 6) is 0.216. The molecule has 0 aliphatic carbocycles. The summed E-state index contributed by atoms with van der Waals surface area (Å²) in [5, 5.41) is 6.41. The van der Waals surface area contributed by atoms with Crippen LogP contribution in [0.4, 0.5) is 17.1 Å². The van der Waals surface area contributed by atoms with Crippen LogP contribution >= 0.6 is 39.5 Å². The summed E-state index contributed by atoms with van der Waals surface area (Å²) in [6.07, 6.45) is 0.244. The Kier molecular flexibility index (Phi) is 19.2. The first-order valence-electron chi connectivity index (χ1n) is 21.6. The van der Waals surface area contributed by atoms with Crippen LogP contribution in [-0.2, 0) is 18.0 Å². The van der Waals surface area contributed by atoms with Crippen molar-refractivity contribution < 1.29 is 32.0 Å². The minimum absolute atomic E-state index is 0.00378. The van der Waals surface area contributed by atoms with Crippen LogP contribution < -0.4 is 35.7 Å². The van der Waals surface area contributed by atoms with Crippen molar-refractivity contribution in [3.05, 3.63) is 134 Å². The first kappa shape index (κ1) is 51.1. The van der Waals surface area contributed by atoms with Crippen molar-refractivity contribution in [2.45, 2.75) is 81.4 Å². The third-order valence-electron chi connectivity index (χ3n) is 10.7. The molecule has 4 aromatic carbocycles. The molecule has 1 fully saturated rings. The quantitative estimate of drug-likeness (QED) is 0.0328. The molecule has 1 aliphatic rings. The number of benzene rings is 4. The number of nitrogens with zero attached hydrogens (tertiary/aromatic N) is 3. The summed E-state index contributed by atoms with van der Waals surface area (Å²) in [6.45, 7) is 26.1. The molecule has 11 nitrogen and oxygen atoms in total. The number of carbonyl (C=O) groups excluding carboxylic acids is 2. The van der Waals surface area contributed by atoms with E-state index in [2.05, 4.69) is 182 Å². The number of halogens is 2. The second kappa shape index (κ2) is 24.1. The molecule has 1 aliphatic heterocycles. The standard InChI is InChI=1S/C40H50N5O5.C10H12O.2HI.Ru/c1-9-43(10-2)32-12-11-31-19-34(40(48)50-35(31)20-32)39(47)41-13-14-49-23-36(46)42-21-33-22-44(37-27(5)15-25(3)16-28(37)6)24-45(33)38-29(7)17-26(4)18-30(38)8;1-8(2)11-10-7-5-4-6-9(10)3;;;/h11-12,15-20,24,33H,9-10,13-14,21-23H2,1-8H3,(H,41,47)(H,42,46);3-8H,1-2H3;2*1H;/q-1;;;;+2/p-2. The molecule has 346 valence electrons. The van der Waals surface area contributed by atoms with Crippen LogP contribution in [0, 0.1) is 48.2 Å². The van der Waals surface area contributed by atoms with Gasteiger partial charge >= 0.3 is 118 Å². The number of anilines is 3. The second-order valence-corrected chi connectivity index (χ2v) is 36.2. The van der Waals surface area contributed by atoms with E-state index >= 15 is 0 Å². The van der Waals surface area contributed by atoms with Crippen LogP contribution in [-0.4, -0.2) is 74.5 Å². The van der Waals surface area contributed by atoms with E-state index in [9.17, 15) is 14.4 Å². The average molecular weight is 1180 g/mol. The SMILES string of the molecule is CC(C)Oc1ccccc1[CH]=[Ru]([I])[I].CCN(CC)c1ccc2cc(C(=O)NCCOCC(=O)NCC3CN(c4c(C)cc(C)cc4C)[CH-]N3c3c(C)cc(C)cc3C)c(=O)oc2c1. The maximum Gasteiger partial charge on any atom is 0.349 e. The number of ether oxygens (including phenoxy) is 2. The predicted octanol–water partition coefficient (Wildman–Crippen LogP) is 9.81. The number of carbonyl (C=O) groups is 2. The smallest absolute Gasteiger partial charge is 0.349 e. The molecular formula is C50H62I2N5O6Ru-. The zero-order valence-corrected chi connectivity index (χ0v) is 44.6. The van der Waals surface area contributed by atoms with Gasteiger partial charge in [-0.25, -0.2) is 4.79 Å². The molecule has 1 saturated heterocycles. The van der Waals surface area contributed by atoms with Crippen molar-refractivity contribution in [3.8, 4) is 5.75 Å². The summed E-state index contributed by atoms with van der Waals surface area (Å²) in [5.41, 5.74) is 11.4. The first-order chi connectivity index (χ1) is 30.5. The van der Waals surface area contributed by atoms with Crippen molar-refractivity contribution in [1.82, 2.24) is 10.6 Å². The van der Waals surface area contributed by atoms with Gasteiger partial charge in [-0.1, -0.05) is 35.4 Å². The molecule has 2 N–H and O–H groups in total. The van der Waals surface area contributed by atoms with E-state index in [0.717, 1.165) is 30.2 Å². The van der Waals surface area contributed by atoms with Crippen LogP contribution in [0.15, 0.2) is 82.0 Å². The maximum absolute atomic E-state index is 12.9. The summed E-state index contributed by atoms with van der Waals surface area (Å²) < 4.78 is 19.1. The molecule has 1 aromatic heterocycles. The fourth-order valence-electron chi connectivity index (χ4n) is 8.20. The number of rotatable bonds is 16. The molecule has 0 spiro atoms. The minimum Gasteiger partial charge on any atom is -0.501 e. The molecule has 64 heavy (non-hydrogen) atoms. The second-order valence-electron chi connectivity index (χ2n) is 16.3. The summed E-state index contributed by atoms with van der Waals surface area (Å²) in [7, 11) is -0.775. The van der Waals surface area contributed by atoms with E-state index in [-0.39, 0.29) is 43.4 Å². The number of nitrogens with one attached hydrogen (secondary N) is 2. The van der Waals surface area contributed by atoms with Crippen LogP contribution in [0.25, 0.3) is 11.0 Å². The Morgan fingerprint density at radius 1 is 0.891 bits per heavy atom. The number of hydrogen-bond donors (Lipinski definition) is 2. The van der Waals surface area contributed by atoms with E-state index in [1.54, 1.807) is 6.07 Å². The van der Waals surface area contributed by atoms with Crippen molar-refractivity contribution in [2.75, 3.05) is 60.6 Å². The van der Waals surface area contributed by atoms with Gasteiger partial charge in [0.05, 0.1) is 6.61 Å². The summed E-state index contributed by atoms with van der Waals surface area (Å²) in [6, 6.07) is 24.2. The van der Waals surface area contributed by atoms with Crippen molar-refractivity contribution >= 4 is 84.0 Å². The molecule has 5 aromatic rings. The fraction of sp³-hybridized carbons (Fsp3) is 0.380. The third kappa shape index (κ3) is 13.8. The van der Waals surface area contributed by atoms with Gasteiger partial charge in [-0.15, -0.1) is 0 Å². The Hall–Kier alpha value is -3.86. The summed E-state index contributed by atoms with van der Waals surface area (Å²) >= 11 is 5.03. The molecule has 2 heterocycles. The van der Waals surface area contributed by atoms with Gasteiger partial charge in [-0.05, 0) is 95.8 Å². The predicted molar refractivity (Wildman–Crippen MR) is 277 cm³/mol. The number of aryl methyl sites for hydroxylation is 6. The van der Waals surface area contributed by atoms with Crippen molar-refractivity contribution in [1.29, 1.82) is 0 Å². The van der Waals surface area contributed by atoms with E-state index in [4.69, 9.17) is 13.9 Å². The third-order valence-corrected chi connectivity index (χ3v) is 14.3. The summed E-state index contributed by atoms with van der Waals surface area (Å²) in [4.78, 5) is 45.0. The number of para-hydroxylation sites is 1. The van der Waals surface area contributed by atoms with Gasteiger partial charge < -0.3 is 34.5 Å². The molecule has 14 heteroatoms. The molecular weight excluding hydrogens is 1120 g/mol. The maximum atomic E-state index is 12.9. The van der Waals surface area contributed by atoms with E-state index in [1.807, 2.05) is 30.3 Å². The van der Waals surface area contributed by atoms with Gasteiger partial charge in [0.15, 0.2) is 0 Å². The minimum atomic E-state index is -0.775. The average Bonchev–Trinajstić information content (AvgIpc) is 3.62. The zero-order valence-electron chi connectivity index (χ0n) is 38.6. The van der Waals surface area contributed by atoms with E-state index < -0.39 is 20.0 Å². The van der Waals surface area contributed by atoms with Gasteiger partial charge in [0, 0.05) is 67.3 Å². The number of amides is 2. The Bertz CT molecular complexity index is 2470. The van der Waals surface area contributed by atoms with E-state index in [1.165, 1.54) is 44.6 Å². The Labute approximate surface area is 405 Å². The Morgan fingerprint density at radius 2 is 1.52 bits per heavy atom. The number of hydrogen-bond acceptors (Lipinski definition) is 9. The van der Waals surface area contributed by atoms with Crippen LogP contribution in [0.3, 0.4) is 0 Å². The van der Waals surface area contributed by atoms with Gasteiger partial charge in [0.25, 0.3) is 5.91 Å². The molecule has 2 amide bonds. The number of fused-ring (bicyclic) bond motifs is 1. The monoisotopic (exact) mass is 1180 g/mol. The first-order valence-corrected chi connectivity index (χ1v) is 32.9. The Morgan fingerprint density at radius 3 is 2.12 bits per heavy atom. The normalized spacial score (nSPS) is 13.7. The molecule has 1 unspecified atom stereocenters. The van der Waals surface area contributed by atoms with Gasteiger partial charge in [-0.2, -0.15) is 6.67 Å². The Balaban J connectivity index is 0.000000469. The van der Waals surface area contributed by atoms with Crippen LogP contribution in [0.2, 0.25) is 0 Å². The zero-order chi connectivity index (χ0) is 46.7. The molecule has 6 rings (SSSR count). The van der Waals surface area contributed by atoms with Crippen molar-refractivity contribution in [3.63, 3.8) is 0 Å². The molecule has 0 bridgehead atoms. The van der Waals surface area contributed by atoms with Crippen LogP contribution in [0.1, 0.15) is 77.0 Å². The largest absolute Gasteiger partial charge is 0.501 e. The van der Waals surface area contributed by atoms with Crippen molar-refractivity contribution in [2.24, 2.45) is 0 Å². The van der Waals surface area contributed by atoms with Gasteiger partial charge in [0.1, 0.15) is 17.8 Å². The molecule has 0 radical (unpaired) electrons. The van der Waals surface area contributed by atoms with Gasteiger partial charge in [0.2, 0.25) is 5.91 Å². The van der Waals surface area contributed by atoms with Crippen LogP contribution in [0.5, 0.6) is 5.75 Å². The van der Waals surface area contributed by atoms with Gasteiger partial charge in [-0.3, -0.25) is 9.59 Å². The fourth-order valence-corrected chi connectivity index (χ4v) is 11.8.